The van der Waals surface area contributed by atoms with Crippen LogP contribution in [0.1, 0.15) is 6.92 Å². The number of rotatable bonds is 4. The summed E-state index contributed by atoms with van der Waals surface area (Å²) in [6, 6.07) is 10.1. The number of para-hydroxylation sites is 2. The molecule has 0 fully saturated rings. The van der Waals surface area contributed by atoms with E-state index in [1.807, 2.05) is 0 Å². The average Bonchev–Trinajstić information content (AvgIpc) is 2.63. The molecule has 1 aliphatic rings. The van der Waals surface area contributed by atoms with E-state index in [1.165, 1.54) is 13.1 Å². The first-order chi connectivity index (χ1) is 12.0. The molecule has 0 unspecified atom stereocenters. The maximum Gasteiger partial charge on any atom is 0.351 e. The van der Waals surface area contributed by atoms with Gasteiger partial charge in [-0.2, -0.15) is 0 Å². The molecule has 3 rings (SSSR count). The van der Waals surface area contributed by atoms with E-state index in [0.717, 1.165) is 0 Å². The van der Waals surface area contributed by atoms with Crippen LogP contribution in [0, 0.1) is 0 Å². The van der Waals surface area contributed by atoms with Gasteiger partial charge in [0.2, 0.25) is 6.10 Å². The molecule has 2 aromatic rings. The maximum absolute atomic E-state index is 12.2. The van der Waals surface area contributed by atoms with Crippen molar-refractivity contribution < 1.29 is 23.8 Å². The predicted molar refractivity (Wildman–Crippen MR) is 89.8 cm³/mol. The SMILES string of the molecule is C[C@H](OC(=O)[C@H]1COc2ccccc2O1)C(=O)Nc1ccc(Cl)cn1. The van der Waals surface area contributed by atoms with Crippen LogP contribution in [-0.4, -0.2) is 35.7 Å². The minimum absolute atomic E-state index is 0.0168. The van der Waals surface area contributed by atoms with Crippen molar-refractivity contribution in [1.82, 2.24) is 4.98 Å². The zero-order valence-electron chi connectivity index (χ0n) is 13.3. The van der Waals surface area contributed by atoms with Crippen LogP contribution in [0.4, 0.5) is 5.82 Å². The molecule has 2 atom stereocenters. The molecular formula is C17H15ClN2O5. The number of halogens is 1. The summed E-state index contributed by atoms with van der Waals surface area (Å²) in [5, 5.41) is 2.99. The van der Waals surface area contributed by atoms with Gasteiger partial charge in [-0.3, -0.25) is 4.79 Å². The largest absolute Gasteiger partial charge is 0.485 e. The summed E-state index contributed by atoms with van der Waals surface area (Å²) in [7, 11) is 0. The van der Waals surface area contributed by atoms with Gasteiger partial charge in [-0.15, -0.1) is 0 Å². The van der Waals surface area contributed by atoms with Gasteiger partial charge in [-0.1, -0.05) is 23.7 Å². The van der Waals surface area contributed by atoms with E-state index in [4.69, 9.17) is 25.8 Å². The first-order valence-electron chi connectivity index (χ1n) is 7.54. The van der Waals surface area contributed by atoms with Gasteiger partial charge in [0, 0.05) is 6.20 Å². The Labute approximate surface area is 148 Å². The zero-order valence-corrected chi connectivity index (χ0v) is 14.0. The molecule has 0 saturated carbocycles. The zero-order chi connectivity index (χ0) is 17.8. The van der Waals surface area contributed by atoms with Crippen molar-refractivity contribution in [1.29, 1.82) is 0 Å². The Morgan fingerprint density at radius 1 is 1.28 bits per heavy atom. The number of aromatic nitrogens is 1. The number of anilines is 1. The fraction of sp³-hybridized carbons (Fsp3) is 0.235. The van der Waals surface area contributed by atoms with Crippen LogP contribution in [0.25, 0.3) is 0 Å². The van der Waals surface area contributed by atoms with Crippen molar-refractivity contribution in [2.45, 2.75) is 19.1 Å². The highest BCUT2D eigenvalue weighted by molar-refractivity contribution is 6.30. The molecule has 1 aromatic heterocycles. The Balaban J connectivity index is 1.55. The van der Waals surface area contributed by atoms with Gasteiger partial charge in [0.25, 0.3) is 5.91 Å². The molecule has 0 spiro atoms. The molecule has 25 heavy (non-hydrogen) atoms. The van der Waals surface area contributed by atoms with Gasteiger partial charge in [0.15, 0.2) is 17.6 Å². The maximum atomic E-state index is 12.2. The van der Waals surface area contributed by atoms with Crippen LogP contribution < -0.4 is 14.8 Å². The topological polar surface area (TPSA) is 86.8 Å². The monoisotopic (exact) mass is 362 g/mol. The summed E-state index contributed by atoms with van der Waals surface area (Å²) >= 11 is 5.73. The Kier molecular flexibility index (Phi) is 5.04. The number of esters is 1. The van der Waals surface area contributed by atoms with Gasteiger partial charge < -0.3 is 19.5 Å². The third-order valence-corrected chi connectivity index (χ3v) is 3.64. The Morgan fingerprint density at radius 2 is 2.04 bits per heavy atom. The summed E-state index contributed by atoms with van der Waals surface area (Å²) in [4.78, 5) is 28.2. The fourth-order valence-corrected chi connectivity index (χ4v) is 2.23. The van der Waals surface area contributed by atoms with Gasteiger partial charge in [0.1, 0.15) is 12.4 Å². The molecule has 1 N–H and O–H groups in total. The highest BCUT2D eigenvalue weighted by Crippen LogP contribution is 2.31. The lowest BCUT2D eigenvalue weighted by molar-refractivity contribution is -0.162. The van der Waals surface area contributed by atoms with Crippen molar-refractivity contribution in [2.24, 2.45) is 0 Å². The molecule has 0 aliphatic carbocycles. The summed E-state index contributed by atoms with van der Waals surface area (Å²) in [6.07, 6.45) is -0.553. The van der Waals surface area contributed by atoms with Crippen LogP contribution >= 0.6 is 11.6 Å². The van der Waals surface area contributed by atoms with E-state index in [1.54, 1.807) is 36.4 Å². The van der Waals surface area contributed by atoms with Crippen LogP contribution in [0.2, 0.25) is 5.02 Å². The second-order valence-corrected chi connectivity index (χ2v) is 5.73. The molecule has 1 aliphatic heterocycles. The average molecular weight is 363 g/mol. The van der Waals surface area contributed by atoms with E-state index >= 15 is 0 Å². The number of pyridine rings is 1. The molecule has 0 saturated heterocycles. The lowest BCUT2D eigenvalue weighted by atomic mass is 10.2. The summed E-state index contributed by atoms with van der Waals surface area (Å²) in [5.74, 6) is 0.134. The standard InChI is InChI=1S/C17H15ClN2O5/c1-10(16(21)20-15-7-6-11(18)8-19-15)24-17(22)14-9-23-12-4-2-3-5-13(12)25-14/h2-8,10,14H,9H2,1H3,(H,19,20,21)/t10-,14+/m0/s1. The molecule has 2 heterocycles. The lowest BCUT2D eigenvalue weighted by Crippen LogP contribution is -2.41. The Morgan fingerprint density at radius 3 is 2.76 bits per heavy atom. The normalized spacial score (nSPS) is 16.6. The number of fused-ring (bicyclic) bond motifs is 1. The van der Waals surface area contributed by atoms with E-state index < -0.39 is 24.1 Å². The Bertz CT molecular complexity index is 781. The minimum atomic E-state index is -1.02. The van der Waals surface area contributed by atoms with E-state index in [-0.39, 0.29) is 6.61 Å². The van der Waals surface area contributed by atoms with Crippen molar-refractivity contribution >= 4 is 29.3 Å². The van der Waals surface area contributed by atoms with Gasteiger partial charge in [-0.25, -0.2) is 9.78 Å². The molecule has 1 aromatic carbocycles. The van der Waals surface area contributed by atoms with E-state index in [9.17, 15) is 9.59 Å². The number of hydrogen-bond donors (Lipinski definition) is 1. The summed E-state index contributed by atoms with van der Waals surface area (Å²) < 4.78 is 16.2. The predicted octanol–water partition coefficient (Wildman–Crippen LogP) is 2.45. The Hall–Kier alpha value is -2.80. The van der Waals surface area contributed by atoms with Crippen molar-refractivity contribution in [3.8, 4) is 11.5 Å². The minimum Gasteiger partial charge on any atom is -0.485 e. The number of nitrogens with zero attached hydrogens (tertiary/aromatic N) is 1. The highest BCUT2D eigenvalue weighted by atomic mass is 35.5. The number of carbonyl (C=O) groups excluding carboxylic acids is 2. The van der Waals surface area contributed by atoms with Crippen LogP contribution in [0.5, 0.6) is 11.5 Å². The summed E-state index contributed by atoms with van der Waals surface area (Å²) in [6.45, 7) is 1.48. The number of ether oxygens (including phenoxy) is 3. The van der Waals surface area contributed by atoms with Gasteiger partial charge in [0.05, 0.1) is 5.02 Å². The molecule has 130 valence electrons. The quantitative estimate of drug-likeness (QED) is 0.841. The van der Waals surface area contributed by atoms with Crippen molar-refractivity contribution in [2.75, 3.05) is 11.9 Å². The van der Waals surface area contributed by atoms with Crippen LogP contribution in [-0.2, 0) is 14.3 Å². The van der Waals surface area contributed by atoms with E-state index in [0.29, 0.717) is 22.3 Å². The number of carbonyl (C=O) groups is 2. The summed E-state index contributed by atoms with van der Waals surface area (Å²) in [5.41, 5.74) is 0. The third kappa shape index (κ3) is 4.19. The van der Waals surface area contributed by atoms with Gasteiger partial charge in [-0.05, 0) is 31.2 Å². The van der Waals surface area contributed by atoms with E-state index in [2.05, 4.69) is 10.3 Å². The molecular weight excluding hydrogens is 348 g/mol. The fourth-order valence-electron chi connectivity index (χ4n) is 2.12. The molecule has 1 amide bonds. The molecule has 7 nitrogen and oxygen atoms in total. The van der Waals surface area contributed by atoms with Gasteiger partial charge >= 0.3 is 5.97 Å². The first-order valence-corrected chi connectivity index (χ1v) is 7.92. The molecule has 0 bridgehead atoms. The number of benzene rings is 1. The van der Waals surface area contributed by atoms with Crippen molar-refractivity contribution in [3.63, 3.8) is 0 Å². The molecule has 0 radical (unpaired) electrons. The number of hydrogen-bond acceptors (Lipinski definition) is 6. The van der Waals surface area contributed by atoms with Crippen LogP contribution in [0.15, 0.2) is 42.6 Å². The smallest absolute Gasteiger partial charge is 0.351 e. The highest BCUT2D eigenvalue weighted by Gasteiger charge is 2.31. The second-order valence-electron chi connectivity index (χ2n) is 5.29. The van der Waals surface area contributed by atoms with Crippen molar-refractivity contribution in [3.05, 3.63) is 47.6 Å². The van der Waals surface area contributed by atoms with Crippen LogP contribution in [0.3, 0.4) is 0 Å². The number of amides is 1. The number of nitrogens with one attached hydrogen (secondary N) is 1. The third-order valence-electron chi connectivity index (χ3n) is 3.41. The first kappa shape index (κ1) is 17.0. The second kappa shape index (κ2) is 7.40. The lowest BCUT2D eigenvalue weighted by Gasteiger charge is -2.25. The molecule has 8 heteroatoms.